The van der Waals surface area contributed by atoms with Gasteiger partial charge in [-0.3, -0.25) is 4.79 Å². The zero-order valence-corrected chi connectivity index (χ0v) is 8.20. The standard InChI is InChI=1S/C11H12O3/c1-7-3-4-10(11(13)14)9(5-7)6-8(2)12/h3-5H,6H2,1-2H3,(H,13,14). The number of carboxylic acid groups (broad SMARTS) is 1. The van der Waals surface area contributed by atoms with Crippen molar-refractivity contribution in [2.24, 2.45) is 0 Å². The second kappa shape index (κ2) is 4.05. The van der Waals surface area contributed by atoms with Gasteiger partial charge in [0, 0.05) is 6.42 Å². The topological polar surface area (TPSA) is 54.4 Å². The van der Waals surface area contributed by atoms with Crippen LogP contribution in [0.1, 0.15) is 28.4 Å². The van der Waals surface area contributed by atoms with E-state index in [2.05, 4.69) is 0 Å². The second-order valence-electron chi connectivity index (χ2n) is 3.34. The van der Waals surface area contributed by atoms with E-state index >= 15 is 0 Å². The fourth-order valence-electron chi connectivity index (χ4n) is 1.35. The predicted molar refractivity (Wildman–Crippen MR) is 52.5 cm³/mol. The highest BCUT2D eigenvalue weighted by Gasteiger charge is 2.10. The van der Waals surface area contributed by atoms with Crippen molar-refractivity contribution >= 4 is 11.8 Å². The largest absolute Gasteiger partial charge is 0.478 e. The lowest BCUT2D eigenvalue weighted by molar-refractivity contribution is -0.116. The summed E-state index contributed by atoms with van der Waals surface area (Å²) >= 11 is 0. The molecule has 0 amide bonds. The molecule has 14 heavy (non-hydrogen) atoms. The minimum Gasteiger partial charge on any atom is -0.478 e. The Balaban J connectivity index is 3.15. The molecular weight excluding hydrogens is 180 g/mol. The SMILES string of the molecule is CC(=O)Cc1cc(C)ccc1C(=O)O. The van der Waals surface area contributed by atoms with Crippen molar-refractivity contribution in [2.45, 2.75) is 20.3 Å². The molecule has 0 aromatic heterocycles. The molecule has 1 N–H and O–H groups in total. The molecule has 0 radical (unpaired) electrons. The monoisotopic (exact) mass is 192 g/mol. The first kappa shape index (κ1) is 10.4. The number of carbonyl (C=O) groups is 2. The number of hydrogen-bond acceptors (Lipinski definition) is 2. The van der Waals surface area contributed by atoms with E-state index in [9.17, 15) is 9.59 Å². The Morgan fingerprint density at radius 1 is 1.36 bits per heavy atom. The van der Waals surface area contributed by atoms with E-state index in [1.54, 1.807) is 12.1 Å². The summed E-state index contributed by atoms with van der Waals surface area (Å²) < 4.78 is 0. The van der Waals surface area contributed by atoms with Crippen LogP contribution in [0.3, 0.4) is 0 Å². The van der Waals surface area contributed by atoms with Gasteiger partial charge in [-0.05, 0) is 25.5 Å². The Morgan fingerprint density at radius 2 is 2.00 bits per heavy atom. The van der Waals surface area contributed by atoms with Crippen LogP contribution in [0.4, 0.5) is 0 Å². The molecule has 0 unspecified atom stereocenters. The van der Waals surface area contributed by atoms with Crippen molar-refractivity contribution < 1.29 is 14.7 Å². The van der Waals surface area contributed by atoms with Crippen LogP contribution < -0.4 is 0 Å². The molecule has 74 valence electrons. The Labute approximate surface area is 82.4 Å². The lowest BCUT2D eigenvalue weighted by Gasteiger charge is -2.04. The van der Waals surface area contributed by atoms with E-state index in [1.165, 1.54) is 13.0 Å². The molecule has 3 heteroatoms. The molecular formula is C11H12O3. The van der Waals surface area contributed by atoms with Crippen LogP contribution in [0.5, 0.6) is 0 Å². The molecule has 0 fully saturated rings. The smallest absolute Gasteiger partial charge is 0.335 e. The quantitative estimate of drug-likeness (QED) is 0.794. The average Bonchev–Trinajstić information content (AvgIpc) is 2.01. The summed E-state index contributed by atoms with van der Waals surface area (Å²) in [5.41, 5.74) is 1.77. The number of carboxylic acids is 1. The predicted octanol–water partition coefficient (Wildman–Crippen LogP) is 1.82. The van der Waals surface area contributed by atoms with Gasteiger partial charge in [0.05, 0.1) is 5.56 Å². The van der Waals surface area contributed by atoms with Gasteiger partial charge in [-0.15, -0.1) is 0 Å². The molecule has 0 aliphatic rings. The number of benzene rings is 1. The minimum absolute atomic E-state index is 0.0295. The minimum atomic E-state index is -0.985. The second-order valence-corrected chi connectivity index (χ2v) is 3.34. The summed E-state index contributed by atoms with van der Waals surface area (Å²) in [5.74, 6) is -1.01. The number of aromatic carboxylic acids is 1. The third kappa shape index (κ3) is 2.42. The lowest BCUT2D eigenvalue weighted by atomic mass is 10.0. The molecule has 0 atom stereocenters. The fraction of sp³-hybridized carbons (Fsp3) is 0.273. The van der Waals surface area contributed by atoms with Gasteiger partial charge in [0.15, 0.2) is 0 Å². The Morgan fingerprint density at radius 3 is 2.50 bits per heavy atom. The Hall–Kier alpha value is -1.64. The van der Waals surface area contributed by atoms with Crippen LogP contribution in [0.15, 0.2) is 18.2 Å². The van der Waals surface area contributed by atoms with Gasteiger partial charge < -0.3 is 5.11 Å². The van der Waals surface area contributed by atoms with E-state index < -0.39 is 5.97 Å². The molecule has 0 aliphatic carbocycles. The van der Waals surface area contributed by atoms with Crippen LogP contribution >= 0.6 is 0 Å². The van der Waals surface area contributed by atoms with Crippen molar-refractivity contribution in [1.82, 2.24) is 0 Å². The molecule has 0 aliphatic heterocycles. The molecule has 1 aromatic rings. The summed E-state index contributed by atoms with van der Waals surface area (Å²) in [6.07, 6.45) is 0.184. The highest BCUT2D eigenvalue weighted by Crippen LogP contribution is 2.12. The number of carbonyl (C=O) groups excluding carboxylic acids is 1. The molecule has 1 aromatic carbocycles. The molecule has 3 nitrogen and oxygen atoms in total. The van der Waals surface area contributed by atoms with Crippen LogP contribution in [0.25, 0.3) is 0 Å². The molecule has 0 saturated carbocycles. The van der Waals surface area contributed by atoms with Crippen molar-refractivity contribution in [3.05, 3.63) is 34.9 Å². The number of rotatable bonds is 3. The zero-order valence-electron chi connectivity index (χ0n) is 8.20. The van der Waals surface area contributed by atoms with Crippen LogP contribution in [0, 0.1) is 6.92 Å². The van der Waals surface area contributed by atoms with E-state index in [1.807, 2.05) is 6.92 Å². The van der Waals surface area contributed by atoms with Crippen molar-refractivity contribution in [1.29, 1.82) is 0 Å². The number of Topliss-reactive ketones (excluding diaryl/α,β-unsaturated/α-hetero) is 1. The van der Waals surface area contributed by atoms with Gasteiger partial charge in [-0.25, -0.2) is 4.79 Å². The molecule has 0 spiro atoms. The maximum Gasteiger partial charge on any atom is 0.335 e. The first-order valence-electron chi connectivity index (χ1n) is 4.33. The highest BCUT2D eigenvalue weighted by atomic mass is 16.4. The number of aryl methyl sites for hydroxylation is 1. The maximum absolute atomic E-state index is 10.9. The average molecular weight is 192 g/mol. The van der Waals surface area contributed by atoms with E-state index in [0.29, 0.717) is 5.56 Å². The third-order valence-electron chi connectivity index (χ3n) is 1.93. The van der Waals surface area contributed by atoms with Crippen LogP contribution in [-0.4, -0.2) is 16.9 Å². The number of ketones is 1. The first-order valence-corrected chi connectivity index (χ1v) is 4.33. The van der Waals surface area contributed by atoms with Gasteiger partial charge in [0.1, 0.15) is 5.78 Å². The van der Waals surface area contributed by atoms with Gasteiger partial charge in [-0.1, -0.05) is 17.7 Å². The van der Waals surface area contributed by atoms with E-state index in [0.717, 1.165) is 5.56 Å². The summed E-state index contributed by atoms with van der Waals surface area (Å²) in [5, 5.41) is 8.86. The van der Waals surface area contributed by atoms with Crippen molar-refractivity contribution in [3.63, 3.8) is 0 Å². The zero-order chi connectivity index (χ0) is 10.7. The van der Waals surface area contributed by atoms with Crippen LogP contribution in [-0.2, 0) is 11.2 Å². The maximum atomic E-state index is 10.9. The Bertz CT molecular complexity index is 380. The summed E-state index contributed by atoms with van der Waals surface area (Å²) in [6, 6.07) is 5.01. The van der Waals surface area contributed by atoms with Gasteiger partial charge in [0.2, 0.25) is 0 Å². The first-order chi connectivity index (χ1) is 6.50. The van der Waals surface area contributed by atoms with Gasteiger partial charge >= 0.3 is 5.97 Å². The van der Waals surface area contributed by atoms with Gasteiger partial charge in [0.25, 0.3) is 0 Å². The van der Waals surface area contributed by atoms with Gasteiger partial charge in [-0.2, -0.15) is 0 Å². The third-order valence-corrected chi connectivity index (χ3v) is 1.93. The fourth-order valence-corrected chi connectivity index (χ4v) is 1.35. The summed E-state index contributed by atoms with van der Waals surface area (Å²) in [7, 11) is 0. The lowest BCUT2D eigenvalue weighted by Crippen LogP contribution is -2.06. The molecule has 0 heterocycles. The number of hydrogen-bond donors (Lipinski definition) is 1. The molecule has 1 rings (SSSR count). The van der Waals surface area contributed by atoms with E-state index in [4.69, 9.17) is 5.11 Å². The van der Waals surface area contributed by atoms with Crippen molar-refractivity contribution in [2.75, 3.05) is 0 Å². The van der Waals surface area contributed by atoms with Crippen molar-refractivity contribution in [3.8, 4) is 0 Å². The van der Waals surface area contributed by atoms with Crippen LogP contribution in [0.2, 0.25) is 0 Å². The summed E-state index contributed by atoms with van der Waals surface area (Å²) in [4.78, 5) is 21.7. The molecule has 0 saturated heterocycles. The molecule has 0 bridgehead atoms. The normalized spacial score (nSPS) is 9.86. The van der Waals surface area contributed by atoms with E-state index in [-0.39, 0.29) is 17.8 Å². The summed E-state index contributed by atoms with van der Waals surface area (Å²) in [6.45, 7) is 3.32. The Kier molecular flexibility index (Phi) is 3.02. The highest BCUT2D eigenvalue weighted by molar-refractivity contribution is 5.91.